The summed E-state index contributed by atoms with van der Waals surface area (Å²) in [6.45, 7) is 6.38. The van der Waals surface area contributed by atoms with Crippen LogP contribution >= 0.6 is 0 Å². The maximum absolute atomic E-state index is 12.5. The SMILES string of the molecule is CC1CCC(C(C)C)c2oc(=O)c(Cc3ccccc3)c(O)c21. The Morgan fingerprint density at radius 1 is 1.22 bits per heavy atom. The molecule has 1 heterocycles. The predicted molar refractivity (Wildman–Crippen MR) is 91.1 cm³/mol. The molecule has 0 bridgehead atoms. The Morgan fingerprint density at radius 2 is 1.91 bits per heavy atom. The summed E-state index contributed by atoms with van der Waals surface area (Å²) >= 11 is 0. The lowest BCUT2D eigenvalue weighted by atomic mass is 9.75. The van der Waals surface area contributed by atoms with Crippen molar-refractivity contribution in [1.29, 1.82) is 0 Å². The number of hydrogen-bond acceptors (Lipinski definition) is 3. The van der Waals surface area contributed by atoms with Crippen molar-refractivity contribution in [2.75, 3.05) is 0 Å². The first kappa shape index (κ1) is 15.9. The molecule has 0 amide bonds. The van der Waals surface area contributed by atoms with E-state index in [1.807, 2.05) is 30.3 Å². The van der Waals surface area contributed by atoms with Gasteiger partial charge in [0, 0.05) is 17.9 Å². The van der Waals surface area contributed by atoms with Gasteiger partial charge in [-0.05, 0) is 30.2 Å². The van der Waals surface area contributed by atoms with E-state index in [-0.39, 0.29) is 17.6 Å². The molecule has 3 nitrogen and oxygen atoms in total. The molecule has 2 unspecified atom stereocenters. The highest BCUT2D eigenvalue weighted by Gasteiger charge is 2.33. The maximum Gasteiger partial charge on any atom is 0.343 e. The third-order valence-corrected chi connectivity index (χ3v) is 5.02. The van der Waals surface area contributed by atoms with Crippen LogP contribution in [0.3, 0.4) is 0 Å². The molecule has 2 aromatic rings. The smallest absolute Gasteiger partial charge is 0.343 e. The van der Waals surface area contributed by atoms with Gasteiger partial charge in [-0.25, -0.2) is 4.79 Å². The Bertz CT molecular complexity index is 743. The number of aromatic hydroxyl groups is 1. The van der Waals surface area contributed by atoms with Gasteiger partial charge in [0.2, 0.25) is 0 Å². The van der Waals surface area contributed by atoms with Gasteiger partial charge in [-0.1, -0.05) is 51.1 Å². The number of rotatable bonds is 3. The van der Waals surface area contributed by atoms with E-state index < -0.39 is 5.63 Å². The topological polar surface area (TPSA) is 50.4 Å². The number of benzene rings is 1. The highest BCUT2D eigenvalue weighted by Crippen LogP contribution is 2.45. The van der Waals surface area contributed by atoms with E-state index in [1.165, 1.54) is 0 Å². The van der Waals surface area contributed by atoms with Gasteiger partial charge in [0.1, 0.15) is 11.5 Å². The molecule has 0 saturated carbocycles. The van der Waals surface area contributed by atoms with Crippen LogP contribution in [0.4, 0.5) is 0 Å². The fourth-order valence-electron chi connectivity index (χ4n) is 3.64. The zero-order valence-electron chi connectivity index (χ0n) is 14.0. The third-order valence-electron chi connectivity index (χ3n) is 5.02. The van der Waals surface area contributed by atoms with E-state index in [0.717, 1.165) is 24.0 Å². The summed E-state index contributed by atoms with van der Waals surface area (Å²) in [5, 5.41) is 10.8. The Kier molecular flexibility index (Phi) is 4.29. The van der Waals surface area contributed by atoms with Crippen LogP contribution < -0.4 is 5.63 Å². The Labute approximate surface area is 137 Å². The molecule has 1 aliphatic rings. The second kappa shape index (κ2) is 6.23. The van der Waals surface area contributed by atoms with Crippen molar-refractivity contribution in [3.63, 3.8) is 0 Å². The number of hydrogen-bond donors (Lipinski definition) is 1. The normalized spacial score (nSPS) is 20.5. The Hall–Kier alpha value is -2.03. The van der Waals surface area contributed by atoms with Crippen molar-refractivity contribution in [1.82, 2.24) is 0 Å². The van der Waals surface area contributed by atoms with Gasteiger partial charge >= 0.3 is 5.63 Å². The Morgan fingerprint density at radius 3 is 2.57 bits per heavy atom. The molecule has 3 rings (SSSR count). The molecule has 0 saturated heterocycles. The first-order valence-corrected chi connectivity index (χ1v) is 8.41. The summed E-state index contributed by atoms with van der Waals surface area (Å²) in [6, 6.07) is 9.72. The molecular formula is C20H24O3. The minimum absolute atomic E-state index is 0.151. The zero-order valence-corrected chi connectivity index (χ0v) is 14.0. The number of fused-ring (bicyclic) bond motifs is 1. The average Bonchev–Trinajstić information content (AvgIpc) is 2.52. The average molecular weight is 312 g/mol. The van der Waals surface area contributed by atoms with Crippen LogP contribution in [0.25, 0.3) is 0 Å². The zero-order chi connectivity index (χ0) is 16.6. The van der Waals surface area contributed by atoms with E-state index in [9.17, 15) is 9.90 Å². The lowest BCUT2D eigenvalue weighted by molar-refractivity contribution is 0.300. The quantitative estimate of drug-likeness (QED) is 0.903. The van der Waals surface area contributed by atoms with Crippen molar-refractivity contribution in [3.8, 4) is 5.75 Å². The molecule has 0 fully saturated rings. The van der Waals surface area contributed by atoms with Gasteiger partial charge in [-0.3, -0.25) is 0 Å². The van der Waals surface area contributed by atoms with Crippen molar-refractivity contribution in [2.24, 2.45) is 5.92 Å². The molecule has 0 radical (unpaired) electrons. The Balaban J connectivity index is 2.10. The van der Waals surface area contributed by atoms with Gasteiger partial charge in [0.25, 0.3) is 0 Å². The van der Waals surface area contributed by atoms with E-state index in [2.05, 4.69) is 20.8 Å². The van der Waals surface area contributed by atoms with Gasteiger partial charge in [0.05, 0.1) is 5.56 Å². The predicted octanol–water partition coefficient (Wildman–Crippen LogP) is 4.57. The molecule has 0 aliphatic heterocycles. The first-order chi connectivity index (χ1) is 11.0. The van der Waals surface area contributed by atoms with Gasteiger partial charge in [-0.2, -0.15) is 0 Å². The first-order valence-electron chi connectivity index (χ1n) is 8.41. The van der Waals surface area contributed by atoms with Crippen molar-refractivity contribution >= 4 is 0 Å². The molecule has 3 heteroatoms. The van der Waals surface area contributed by atoms with Crippen LogP contribution in [0, 0.1) is 5.92 Å². The standard InChI is InChI=1S/C20H24O3/c1-12(2)15-10-9-13(3)17-18(21)16(20(22)23-19(15)17)11-14-7-5-4-6-8-14/h4-8,12-13,15,21H,9-11H2,1-3H3. The third kappa shape index (κ3) is 2.92. The monoisotopic (exact) mass is 312 g/mol. The van der Waals surface area contributed by atoms with Gasteiger partial charge in [-0.15, -0.1) is 0 Å². The van der Waals surface area contributed by atoms with Crippen molar-refractivity contribution in [3.05, 3.63) is 63.2 Å². The highest BCUT2D eigenvalue weighted by molar-refractivity contribution is 5.46. The molecule has 0 spiro atoms. The van der Waals surface area contributed by atoms with E-state index >= 15 is 0 Å². The largest absolute Gasteiger partial charge is 0.507 e. The van der Waals surface area contributed by atoms with E-state index in [1.54, 1.807) is 0 Å². The molecule has 1 N–H and O–H groups in total. The maximum atomic E-state index is 12.5. The van der Waals surface area contributed by atoms with Gasteiger partial charge < -0.3 is 9.52 Å². The van der Waals surface area contributed by atoms with Crippen LogP contribution in [-0.2, 0) is 6.42 Å². The molecular weight excluding hydrogens is 288 g/mol. The molecule has 122 valence electrons. The molecule has 1 aromatic heterocycles. The minimum atomic E-state index is -0.398. The summed E-state index contributed by atoms with van der Waals surface area (Å²) in [5.74, 6) is 1.68. The summed E-state index contributed by atoms with van der Waals surface area (Å²) in [5.41, 5.74) is 1.83. The molecule has 1 aliphatic carbocycles. The summed E-state index contributed by atoms with van der Waals surface area (Å²) in [7, 11) is 0. The second-order valence-electron chi connectivity index (χ2n) is 6.99. The molecule has 1 aromatic carbocycles. The van der Waals surface area contributed by atoms with Crippen molar-refractivity contribution < 1.29 is 9.52 Å². The minimum Gasteiger partial charge on any atom is -0.507 e. The highest BCUT2D eigenvalue weighted by atomic mass is 16.4. The summed E-state index contributed by atoms with van der Waals surface area (Å²) in [6.07, 6.45) is 2.43. The van der Waals surface area contributed by atoms with Gasteiger partial charge in [0.15, 0.2) is 0 Å². The summed E-state index contributed by atoms with van der Waals surface area (Å²) in [4.78, 5) is 12.5. The van der Waals surface area contributed by atoms with Crippen LogP contribution in [0.15, 0.2) is 39.5 Å². The second-order valence-corrected chi connectivity index (χ2v) is 6.99. The van der Waals surface area contributed by atoms with E-state index in [4.69, 9.17) is 4.42 Å². The van der Waals surface area contributed by atoms with Crippen LogP contribution in [0.2, 0.25) is 0 Å². The van der Waals surface area contributed by atoms with Crippen LogP contribution in [-0.4, -0.2) is 5.11 Å². The van der Waals surface area contributed by atoms with Crippen LogP contribution in [0.5, 0.6) is 5.75 Å². The van der Waals surface area contributed by atoms with E-state index in [0.29, 0.717) is 23.7 Å². The lowest BCUT2D eigenvalue weighted by Gasteiger charge is -2.31. The fraction of sp³-hybridized carbons (Fsp3) is 0.450. The molecule has 2 atom stereocenters. The fourth-order valence-corrected chi connectivity index (χ4v) is 3.64. The van der Waals surface area contributed by atoms with Crippen molar-refractivity contribution in [2.45, 2.75) is 51.9 Å². The summed E-state index contributed by atoms with van der Waals surface area (Å²) < 4.78 is 5.71. The molecule has 23 heavy (non-hydrogen) atoms. The van der Waals surface area contributed by atoms with Crippen LogP contribution in [0.1, 0.15) is 67.9 Å². The lowest BCUT2D eigenvalue weighted by Crippen LogP contribution is -2.22.